The second kappa shape index (κ2) is 6.47. The molecule has 0 unspecified atom stereocenters. The van der Waals surface area contributed by atoms with Gasteiger partial charge in [-0.05, 0) is 27.2 Å². The van der Waals surface area contributed by atoms with Crippen LogP contribution in [0.1, 0.15) is 5.56 Å². The van der Waals surface area contributed by atoms with Crippen LogP contribution < -0.4 is 0 Å². The highest BCUT2D eigenvalue weighted by Gasteiger charge is 2.08. The van der Waals surface area contributed by atoms with E-state index in [4.69, 9.17) is 0 Å². The summed E-state index contributed by atoms with van der Waals surface area (Å²) in [6.07, 6.45) is 0. The maximum atomic E-state index is 4.34. The lowest BCUT2D eigenvalue weighted by Crippen LogP contribution is -2.03. The molecule has 1 aromatic carbocycles. The van der Waals surface area contributed by atoms with E-state index in [0.717, 1.165) is 23.2 Å². The summed E-state index contributed by atoms with van der Waals surface area (Å²) in [7, 11) is 0. The molecule has 0 radical (unpaired) electrons. The van der Waals surface area contributed by atoms with Gasteiger partial charge in [-0.15, -0.1) is 5.10 Å². The number of rotatable bonds is 5. The van der Waals surface area contributed by atoms with Crippen molar-refractivity contribution in [1.29, 1.82) is 0 Å². The van der Waals surface area contributed by atoms with Gasteiger partial charge in [0.2, 0.25) is 4.73 Å². The lowest BCUT2D eigenvalue weighted by atomic mass is 10.2. The highest BCUT2D eigenvalue weighted by Crippen LogP contribution is 2.19. The number of hydrogen-bond acceptors (Lipinski definition) is 4. The molecule has 0 aliphatic heterocycles. The molecule has 2 aromatic rings. The highest BCUT2D eigenvalue weighted by atomic mass is 79.9. The molecule has 0 fully saturated rings. The summed E-state index contributed by atoms with van der Waals surface area (Å²) in [5, 5.41) is 5.26. The van der Waals surface area contributed by atoms with Crippen molar-refractivity contribution in [1.82, 2.24) is 14.8 Å². The molecule has 0 N–H and O–H groups in total. The molecule has 1 aromatic heterocycles. The van der Waals surface area contributed by atoms with Gasteiger partial charge in [-0.2, -0.15) is 17.6 Å². The van der Waals surface area contributed by atoms with E-state index >= 15 is 0 Å². The Hall–Kier alpha value is -0.460. The normalized spacial score (nSPS) is 10.7. The summed E-state index contributed by atoms with van der Waals surface area (Å²) in [6.45, 7) is 0.744. The molecule has 0 aliphatic rings. The second-order valence-corrected chi connectivity index (χ2v) is 5.60. The number of thioether (sulfide) groups is 1. The van der Waals surface area contributed by atoms with E-state index in [2.05, 4.69) is 50.8 Å². The van der Waals surface area contributed by atoms with E-state index in [9.17, 15) is 0 Å². The fourth-order valence-electron chi connectivity index (χ4n) is 1.40. The van der Waals surface area contributed by atoms with Crippen molar-refractivity contribution >= 4 is 40.3 Å². The van der Waals surface area contributed by atoms with Crippen LogP contribution >= 0.6 is 40.3 Å². The van der Waals surface area contributed by atoms with Gasteiger partial charge >= 0.3 is 0 Å². The van der Waals surface area contributed by atoms with Crippen LogP contribution in [0.25, 0.3) is 0 Å². The van der Waals surface area contributed by atoms with E-state index in [1.807, 2.05) is 22.9 Å². The van der Waals surface area contributed by atoms with Gasteiger partial charge in [0.05, 0.1) is 6.54 Å². The highest BCUT2D eigenvalue weighted by molar-refractivity contribution is 9.10. The molecule has 0 saturated carbocycles. The molecule has 1 heterocycles. The molecule has 17 heavy (non-hydrogen) atoms. The minimum atomic E-state index is 0.634. The molecule has 0 spiro atoms. The summed E-state index contributed by atoms with van der Waals surface area (Å²) < 4.78 is 2.54. The predicted molar refractivity (Wildman–Crippen MR) is 77.8 cm³/mol. The molecule has 0 bridgehead atoms. The first-order chi connectivity index (χ1) is 8.29. The molecule has 0 atom stereocenters. The lowest BCUT2D eigenvalue weighted by molar-refractivity contribution is 0.617. The van der Waals surface area contributed by atoms with Crippen molar-refractivity contribution < 1.29 is 0 Å². The van der Waals surface area contributed by atoms with Gasteiger partial charge in [-0.3, -0.25) is 0 Å². The van der Waals surface area contributed by atoms with Gasteiger partial charge < -0.3 is 0 Å². The molecular weight excluding hydrogens is 318 g/mol. The number of aromatic nitrogens is 3. The Labute approximate surface area is 119 Å². The first-order valence-corrected chi connectivity index (χ1v) is 7.58. The maximum absolute atomic E-state index is 4.34. The molecule has 90 valence electrons. The van der Waals surface area contributed by atoms with Crippen LogP contribution in [0.5, 0.6) is 0 Å². The Kier molecular flexibility index (Phi) is 4.94. The van der Waals surface area contributed by atoms with E-state index < -0.39 is 0 Å². The van der Waals surface area contributed by atoms with Crippen molar-refractivity contribution in [3.8, 4) is 0 Å². The molecule has 0 aliphatic carbocycles. The molecule has 6 heteroatoms. The smallest absolute Gasteiger partial charge is 0.218 e. The van der Waals surface area contributed by atoms with E-state index in [1.54, 1.807) is 11.8 Å². The van der Waals surface area contributed by atoms with Crippen molar-refractivity contribution in [3.05, 3.63) is 40.6 Å². The number of nitrogens with zero attached hydrogens (tertiary/aromatic N) is 3. The van der Waals surface area contributed by atoms with Gasteiger partial charge in [0.15, 0.2) is 5.16 Å². The van der Waals surface area contributed by atoms with Gasteiger partial charge in [-0.25, -0.2) is 4.68 Å². The Morgan fingerprint density at radius 2 is 2.06 bits per heavy atom. The fraction of sp³-hybridized carbons (Fsp3) is 0.273. The summed E-state index contributed by atoms with van der Waals surface area (Å²) >= 11 is 9.18. The van der Waals surface area contributed by atoms with Crippen molar-refractivity contribution in [2.75, 3.05) is 11.5 Å². The third-order valence-electron chi connectivity index (χ3n) is 2.11. The SMILES string of the molecule is SCCSc1nc(Br)nn1Cc1ccccc1. The molecule has 2 rings (SSSR count). The van der Waals surface area contributed by atoms with Crippen molar-refractivity contribution in [3.63, 3.8) is 0 Å². The van der Waals surface area contributed by atoms with Crippen LogP contribution in [0.2, 0.25) is 0 Å². The van der Waals surface area contributed by atoms with Crippen LogP contribution in [0, 0.1) is 0 Å². The summed E-state index contributed by atoms with van der Waals surface area (Å²) in [5.41, 5.74) is 1.22. The Morgan fingerprint density at radius 3 is 2.76 bits per heavy atom. The third-order valence-corrected chi connectivity index (χ3v) is 3.94. The molecule has 3 nitrogen and oxygen atoms in total. The zero-order chi connectivity index (χ0) is 12.1. The van der Waals surface area contributed by atoms with Gasteiger partial charge in [-0.1, -0.05) is 42.1 Å². The van der Waals surface area contributed by atoms with Gasteiger partial charge in [0.25, 0.3) is 0 Å². The predicted octanol–water partition coefficient (Wildman–Crippen LogP) is 3.11. The Balaban J connectivity index is 2.14. The van der Waals surface area contributed by atoms with Crippen LogP contribution in [0.4, 0.5) is 0 Å². The standard InChI is InChI=1S/C11H12BrN3S2/c12-10-13-11(17-7-6-16)15(14-10)8-9-4-2-1-3-5-9/h1-5,16H,6-8H2. The third kappa shape index (κ3) is 3.76. The van der Waals surface area contributed by atoms with Crippen LogP contribution in [-0.4, -0.2) is 26.3 Å². The summed E-state index contributed by atoms with van der Waals surface area (Å²) in [5.74, 6) is 1.77. The van der Waals surface area contributed by atoms with Gasteiger partial charge in [0, 0.05) is 5.75 Å². The first kappa shape index (κ1) is 13.0. The van der Waals surface area contributed by atoms with Crippen molar-refractivity contribution in [2.24, 2.45) is 0 Å². The average Bonchev–Trinajstić information content (AvgIpc) is 2.68. The average molecular weight is 330 g/mol. The summed E-state index contributed by atoms with van der Waals surface area (Å²) in [4.78, 5) is 4.34. The number of halogens is 1. The zero-order valence-electron chi connectivity index (χ0n) is 9.08. The quantitative estimate of drug-likeness (QED) is 0.675. The second-order valence-electron chi connectivity index (χ2n) is 3.38. The minimum absolute atomic E-state index is 0.634. The van der Waals surface area contributed by atoms with E-state index in [0.29, 0.717) is 4.73 Å². The lowest BCUT2D eigenvalue weighted by Gasteiger charge is -2.04. The minimum Gasteiger partial charge on any atom is -0.235 e. The maximum Gasteiger partial charge on any atom is 0.218 e. The summed E-state index contributed by atoms with van der Waals surface area (Å²) in [6, 6.07) is 10.2. The monoisotopic (exact) mass is 329 g/mol. The van der Waals surface area contributed by atoms with Gasteiger partial charge in [0.1, 0.15) is 0 Å². The van der Waals surface area contributed by atoms with Crippen LogP contribution in [-0.2, 0) is 6.54 Å². The van der Waals surface area contributed by atoms with Crippen LogP contribution in [0.15, 0.2) is 40.2 Å². The van der Waals surface area contributed by atoms with E-state index in [-0.39, 0.29) is 0 Å². The van der Waals surface area contributed by atoms with Crippen molar-refractivity contribution in [2.45, 2.75) is 11.7 Å². The zero-order valence-corrected chi connectivity index (χ0v) is 12.4. The largest absolute Gasteiger partial charge is 0.235 e. The number of thiol groups is 1. The molecule has 0 saturated heterocycles. The van der Waals surface area contributed by atoms with Crippen LogP contribution in [0.3, 0.4) is 0 Å². The first-order valence-electron chi connectivity index (χ1n) is 5.17. The number of benzene rings is 1. The number of hydrogen-bond donors (Lipinski definition) is 1. The van der Waals surface area contributed by atoms with E-state index in [1.165, 1.54) is 5.56 Å². The molecular formula is C11H12BrN3S2. The Bertz CT molecular complexity index is 473. The molecule has 0 amide bonds. The Morgan fingerprint density at radius 1 is 1.29 bits per heavy atom. The fourth-order valence-corrected chi connectivity index (χ4v) is 2.83. The topological polar surface area (TPSA) is 30.7 Å².